The molecule has 106 valence electrons. The zero-order valence-corrected chi connectivity index (χ0v) is 14.6. The number of hydrogen-bond donors (Lipinski definition) is 0. The lowest BCUT2D eigenvalue weighted by Gasteiger charge is -2.28. The molecule has 0 N–H and O–H groups in total. The molecule has 19 heavy (non-hydrogen) atoms. The summed E-state index contributed by atoms with van der Waals surface area (Å²) in [5.74, 6) is 2.06. The van der Waals surface area contributed by atoms with E-state index in [9.17, 15) is 0 Å². The van der Waals surface area contributed by atoms with Crippen LogP contribution in [0.5, 0.6) is 5.75 Å². The standard InChI is InChI=1S/C15H24O2SSi/c1-18(2,3)16-14-11-10-13-12(14)8-7-9-15(13)17-19(4,5)6/h7-9,11H,10H2,1-6H3. The van der Waals surface area contributed by atoms with Crippen LogP contribution in [0.2, 0.25) is 19.6 Å². The van der Waals surface area contributed by atoms with Crippen LogP contribution in [0.3, 0.4) is 0 Å². The number of rotatable bonds is 4. The second-order valence-corrected chi connectivity index (χ2v) is 14.6. The van der Waals surface area contributed by atoms with Crippen LogP contribution in [-0.2, 0) is 10.6 Å². The molecule has 0 amide bonds. The largest absolute Gasteiger partial charge is 0.544 e. The Hall–Kier alpha value is -0.873. The SMILES string of the molecule is C[Si](C)(C)Oc1cccc2c1CC=C2OS(C)(C)C. The van der Waals surface area contributed by atoms with Crippen molar-refractivity contribution in [3.8, 4) is 5.75 Å². The predicted molar refractivity (Wildman–Crippen MR) is 88.5 cm³/mol. The van der Waals surface area contributed by atoms with E-state index in [0.717, 1.165) is 17.9 Å². The van der Waals surface area contributed by atoms with Gasteiger partial charge in [0.25, 0.3) is 0 Å². The average Bonchev–Trinajstić information content (AvgIpc) is 2.58. The summed E-state index contributed by atoms with van der Waals surface area (Å²) in [7, 11) is -2.57. The molecule has 0 unspecified atom stereocenters. The fraction of sp³-hybridized carbons (Fsp3) is 0.467. The van der Waals surface area contributed by atoms with Crippen molar-refractivity contribution in [2.45, 2.75) is 26.1 Å². The van der Waals surface area contributed by atoms with E-state index in [-0.39, 0.29) is 0 Å². The van der Waals surface area contributed by atoms with Gasteiger partial charge in [-0.3, -0.25) is 0 Å². The number of hydrogen-bond acceptors (Lipinski definition) is 2. The molecule has 0 aliphatic heterocycles. The molecule has 0 spiro atoms. The van der Waals surface area contributed by atoms with Crippen molar-refractivity contribution >= 4 is 24.4 Å². The Labute approximate surface area is 119 Å². The molecule has 0 atom stereocenters. The first kappa shape index (κ1) is 14.5. The molecule has 1 aromatic rings. The summed E-state index contributed by atoms with van der Waals surface area (Å²) >= 11 is 0. The molecule has 4 heteroatoms. The van der Waals surface area contributed by atoms with Gasteiger partial charge in [-0.25, -0.2) is 0 Å². The van der Waals surface area contributed by atoms with E-state index in [4.69, 9.17) is 8.61 Å². The third-order valence-electron chi connectivity index (χ3n) is 2.65. The van der Waals surface area contributed by atoms with Gasteiger partial charge in [-0.2, -0.15) is 0 Å². The molecule has 0 saturated carbocycles. The van der Waals surface area contributed by atoms with Crippen LogP contribution in [0.4, 0.5) is 0 Å². The van der Waals surface area contributed by atoms with Crippen molar-refractivity contribution in [1.82, 2.24) is 0 Å². The minimum Gasteiger partial charge on any atom is -0.544 e. The van der Waals surface area contributed by atoms with Crippen LogP contribution in [0, 0.1) is 0 Å². The Morgan fingerprint density at radius 1 is 1.11 bits per heavy atom. The molecule has 2 nitrogen and oxygen atoms in total. The maximum atomic E-state index is 6.18. The zero-order chi connectivity index (χ0) is 14.3. The summed E-state index contributed by atoms with van der Waals surface area (Å²) in [6, 6.07) is 6.28. The topological polar surface area (TPSA) is 18.5 Å². The van der Waals surface area contributed by atoms with E-state index in [2.05, 4.69) is 62.7 Å². The van der Waals surface area contributed by atoms with Crippen molar-refractivity contribution in [2.75, 3.05) is 18.8 Å². The Bertz CT molecular complexity index is 510. The summed E-state index contributed by atoms with van der Waals surface area (Å²) in [5, 5.41) is 0. The van der Waals surface area contributed by atoms with Crippen LogP contribution >= 0.6 is 10.3 Å². The first-order chi connectivity index (χ1) is 8.66. The fourth-order valence-electron chi connectivity index (χ4n) is 2.09. The molecule has 0 aromatic heterocycles. The van der Waals surface area contributed by atoms with Gasteiger partial charge < -0.3 is 8.61 Å². The average molecular weight is 297 g/mol. The molecule has 0 heterocycles. The fourth-order valence-corrected chi connectivity index (χ4v) is 3.63. The van der Waals surface area contributed by atoms with Crippen molar-refractivity contribution in [3.63, 3.8) is 0 Å². The number of fused-ring (bicyclic) bond motifs is 1. The molecular formula is C15H24O2SSi. The lowest BCUT2D eigenvalue weighted by Crippen LogP contribution is -2.29. The quantitative estimate of drug-likeness (QED) is 0.766. The molecule has 0 bridgehead atoms. The van der Waals surface area contributed by atoms with Crippen molar-refractivity contribution in [1.29, 1.82) is 0 Å². The second kappa shape index (κ2) is 4.91. The van der Waals surface area contributed by atoms with E-state index in [1.165, 1.54) is 11.1 Å². The molecule has 1 aliphatic rings. The Balaban J connectivity index is 2.28. The van der Waals surface area contributed by atoms with Gasteiger partial charge in [0, 0.05) is 11.1 Å². The van der Waals surface area contributed by atoms with E-state index in [1.54, 1.807) is 0 Å². The summed E-state index contributed by atoms with van der Waals surface area (Å²) in [6.45, 7) is 6.64. The molecule has 0 radical (unpaired) electrons. The first-order valence-corrected chi connectivity index (χ1v) is 12.7. The van der Waals surface area contributed by atoms with Crippen molar-refractivity contribution in [2.24, 2.45) is 0 Å². The first-order valence-electron chi connectivity index (χ1n) is 6.55. The van der Waals surface area contributed by atoms with Gasteiger partial charge in [0.2, 0.25) is 8.32 Å². The van der Waals surface area contributed by atoms with E-state index < -0.39 is 18.6 Å². The van der Waals surface area contributed by atoms with Gasteiger partial charge in [-0.05, 0) is 57.0 Å². The monoisotopic (exact) mass is 296 g/mol. The highest BCUT2D eigenvalue weighted by molar-refractivity contribution is 8.28. The lowest BCUT2D eigenvalue weighted by molar-refractivity contribution is 0.550. The van der Waals surface area contributed by atoms with Gasteiger partial charge >= 0.3 is 0 Å². The minimum absolute atomic E-state index is 0.918. The van der Waals surface area contributed by atoms with Crippen molar-refractivity contribution < 1.29 is 8.61 Å². The second-order valence-electron chi connectivity index (χ2n) is 6.58. The summed E-state index contributed by atoms with van der Waals surface area (Å²) in [6.07, 6.45) is 9.58. The highest BCUT2D eigenvalue weighted by atomic mass is 32.3. The predicted octanol–water partition coefficient (Wildman–Crippen LogP) is 4.42. The third kappa shape index (κ3) is 3.80. The lowest BCUT2D eigenvalue weighted by atomic mass is 10.1. The zero-order valence-electron chi connectivity index (χ0n) is 12.7. The third-order valence-corrected chi connectivity index (χ3v) is 4.16. The van der Waals surface area contributed by atoms with Crippen LogP contribution in [-0.4, -0.2) is 27.1 Å². The molecular weight excluding hydrogens is 272 g/mol. The molecule has 0 fully saturated rings. The highest BCUT2D eigenvalue weighted by Crippen LogP contribution is 2.45. The van der Waals surface area contributed by atoms with E-state index >= 15 is 0 Å². The maximum Gasteiger partial charge on any atom is 0.242 e. The smallest absolute Gasteiger partial charge is 0.242 e. The Kier molecular flexibility index (Phi) is 3.75. The van der Waals surface area contributed by atoms with Gasteiger partial charge in [0.1, 0.15) is 11.5 Å². The number of benzene rings is 1. The normalized spacial score (nSPS) is 15.8. The minimum atomic E-state index is -1.57. The van der Waals surface area contributed by atoms with Gasteiger partial charge in [0.15, 0.2) is 0 Å². The highest BCUT2D eigenvalue weighted by Gasteiger charge is 2.24. The van der Waals surface area contributed by atoms with Crippen LogP contribution < -0.4 is 4.43 Å². The number of allylic oxidation sites excluding steroid dienone is 1. The van der Waals surface area contributed by atoms with E-state index in [1.807, 2.05) is 0 Å². The summed E-state index contributed by atoms with van der Waals surface area (Å²) in [4.78, 5) is 0. The Morgan fingerprint density at radius 2 is 1.79 bits per heavy atom. The molecule has 1 aromatic carbocycles. The Morgan fingerprint density at radius 3 is 2.37 bits per heavy atom. The summed E-state index contributed by atoms with van der Waals surface area (Å²) < 4.78 is 12.3. The van der Waals surface area contributed by atoms with Crippen LogP contribution in [0.25, 0.3) is 5.76 Å². The van der Waals surface area contributed by atoms with E-state index in [0.29, 0.717) is 0 Å². The van der Waals surface area contributed by atoms with Crippen LogP contribution in [0.1, 0.15) is 11.1 Å². The van der Waals surface area contributed by atoms with Gasteiger partial charge in [-0.15, -0.1) is 10.3 Å². The van der Waals surface area contributed by atoms with Crippen LogP contribution in [0.15, 0.2) is 24.3 Å². The maximum absolute atomic E-state index is 6.18. The molecule has 0 saturated heterocycles. The van der Waals surface area contributed by atoms with Gasteiger partial charge in [-0.1, -0.05) is 12.1 Å². The summed E-state index contributed by atoms with van der Waals surface area (Å²) in [5.41, 5.74) is 2.49. The molecule has 2 rings (SSSR count). The van der Waals surface area contributed by atoms with Crippen molar-refractivity contribution in [3.05, 3.63) is 35.4 Å². The van der Waals surface area contributed by atoms with Gasteiger partial charge in [0.05, 0.1) is 0 Å². The molecule has 1 aliphatic carbocycles.